The van der Waals surface area contributed by atoms with E-state index in [0.29, 0.717) is 0 Å². The molecule has 0 bridgehead atoms. The van der Waals surface area contributed by atoms with Crippen LogP contribution < -0.4 is 0 Å². The Morgan fingerprint density at radius 3 is 2.25 bits per heavy atom. The van der Waals surface area contributed by atoms with Crippen LogP contribution in [0.1, 0.15) is 0 Å². The zero-order valence-corrected chi connectivity index (χ0v) is 4.80. The molecule has 8 heavy (non-hydrogen) atoms. The van der Waals surface area contributed by atoms with Crippen molar-refractivity contribution in [1.82, 2.24) is 4.90 Å². The topological polar surface area (TPSA) is 40.5 Å². The second kappa shape index (κ2) is 2.92. The quantitative estimate of drug-likeness (QED) is 0.426. The highest BCUT2D eigenvalue weighted by molar-refractivity contribution is 5.92. The lowest BCUT2D eigenvalue weighted by atomic mass is 10.6. The summed E-state index contributed by atoms with van der Waals surface area (Å²) < 4.78 is 0. The van der Waals surface area contributed by atoms with Gasteiger partial charge in [0.15, 0.2) is 0 Å². The Bertz CT molecular complexity index is 140. The molecule has 0 rings (SSSR count). The van der Waals surface area contributed by atoms with E-state index in [1.54, 1.807) is 14.1 Å². The molecular weight excluding hydrogens is 106 g/mol. The van der Waals surface area contributed by atoms with Gasteiger partial charge in [-0.3, -0.25) is 4.79 Å². The Hall–Kier alpha value is -1.17. The first-order valence-corrected chi connectivity index (χ1v) is 2.05. The molecule has 0 spiro atoms. The number of carbonyl (C=O) groups excluding carboxylic acids is 1. The fourth-order valence-corrected chi connectivity index (χ4v) is 0.160. The van der Waals surface area contributed by atoms with Crippen LogP contribution in [0.3, 0.4) is 0 Å². The Morgan fingerprint density at radius 2 is 2.12 bits per heavy atom. The number of hydrogen-bond acceptors (Lipinski definition) is 2. The van der Waals surface area contributed by atoms with Gasteiger partial charge in [0.05, 0.1) is 0 Å². The van der Waals surface area contributed by atoms with Gasteiger partial charge in [-0.15, -0.1) is 0 Å². The second-order valence-corrected chi connectivity index (χ2v) is 1.44. The predicted octanol–water partition coefficient (Wildman–Crippen LogP) is -0.592. The van der Waals surface area contributed by atoms with Gasteiger partial charge in [0.25, 0.3) is 0 Å². The summed E-state index contributed by atoms with van der Waals surface area (Å²) in [6, 6.07) is 0. The largest absolute Gasteiger partial charge is 0.462 e. The molecule has 0 atom stereocenters. The fraction of sp³-hybridized carbons (Fsp3) is 0.400. The molecule has 0 aromatic heterocycles. The van der Waals surface area contributed by atoms with Crippen molar-refractivity contribution in [2.24, 2.45) is 0 Å². The van der Waals surface area contributed by atoms with Crippen molar-refractivity contribution in [2.45, 2.75) is 0 Å². The van der Waals surface area contributed by atoms with Crippen LogP contribution in [0.15, 0.2) is 0 Å². The van der Waals surface area contributed by atoms with Crippen LogP contribution in [0.4, 0.5) is 0 Å². The molecule has 0 unspecified atom stereocenters. The van der Waals surface area contributed by atoms with Gasteiger partial charge in [0.1, 0.15) is 6.11 Å². The van der Waals surface area contributed by atoms with Crippen molar-refractivity contribution in [3.8, 4) is 12.0 Å². The van der Waals surface area contributed by atoms with Gasteiger partial charge in [0.2, 0.25) is 0 Å². The Kier molecular flexibility index (Phi) is 2.49. The van der Waals surface area contributed by atoms with Gasteiger partial charge < -0.3 is 10.0 Å². The van der Waals surface area contributed by atoms with Gasteiger partial charge in [-0.1, -0.05) is 0 Å². The number of rotatable bonds is 0. The minimum Gasteiger partial charge on any atom is -0.462 e. The third-order valence-corrected chi connectivity index (χ3v) is 0.569. The first-order chi connectivity index (χ1) is 3.68. The maximum absolute atomic E-state index is 10.3. The standard InChI is InChI=1S/C5H7NO2/c1-6(2)5(8)3-4-7/h7H,1-2H3. The molecule has 3 heteroatoms. The lowest BCUT2D eigenvalue weighted by Gasteiger charge is -2.01. The molecular formula is C5H7NO2. The van der Waals surface area contributed by atoms with Crippen molar-refractivity contribution in [3.05, 3.63) is 0 Å². The molecule has 0 aromatic carbocycles. The average molecular weight is 113 g/mol. The molecule has 0 heterocycles. The zero-order valence-electron chi connectivity index (χ0n) is 4.80. The van der Waals surface area contributed by atoms with Gasteiger partial charge in [0, 0.05) is 20.0 Å². The van der Waals surface area contributed by atoms with E-state index in [4.69, 9.17) is 5.11 Å². The molecule has 1 amide bonds. The highest BCUT2D eigenvalue weighted by Gasteiger charge is 1.94. The first-order valence-electron chi connectivity index (χ1n) is 2.05. The lowest BCUT2D eigenvalue weighted by Crippen LogP contribution is -2.19. The van der Waals surface area contributed by atoms with Crippen molar-refractivity contribution < 1.29 is 9.90 Å². The summed E-state index contributed by atoms with van der Waals surface area (Å²) in [5.74, 6) is 1.54. The number of nitrogens with zero attached hydrogens (tertiary/aromatic N) is 1. The van der Waals surface area contributed by atoms with Crippen LogP contribution in [-0.4, -0.2) is 30.0 Å². The Labute approximate surface area is 47.9 Å². The fourth-order valence-electron chi connectivity index (χ4n) is 0.160. The number of aliphatic hydroxyl groups excluding tert-OH is 1. The van der Waals surface area contributed by atoms with Crippen LogP contribution in [0, 0.1) is 12.0 Å². The maximum Gasteiger partial charge on any atom is 0.301 e. The Morgan fingerprint density at radius 1 is 1.62 bits per heavy atom. The van der Waals surface area contributed by atoms with Gasteiger partial charge in [-0.2, -0.15) is 0 Å². The predicted molar refractivity (Wildman–Crippen MR) is 28.4 cm³/mol. The molecule has 0 saturated carbocycles. The van der Waals surface area contributed by atoms with Crippen LogP contribution in [-0.2, 0) is 4.79 Å². The van der Waals surface area contributed by atoms with Crippen molar-refractivity contribution in [3.63, 3.8) is 0 Å². The number of aliphatic hydroxyl groups is 1. The maximum atomic E-state index is 10.3. The highest BCUT2D eigenvalue weighted by Crippen LogP contribution is 1.71. The van der Waals surface area contributed by atoms with E-state index in [9.17, 15) is 4.79 Å². The molecule has 3 nitrogen and oxygen atoms in total. The minimum absolute atomic E-state index is 0.396. The monoisotopic (exact) mass is 113 g/mol. The normalized spacial score (nSPS) is 6.75. The summed E-state index contributed by atoms with van der Waals surface area (Å²) in [4.78, 5) is 11.6. The molecule has 0 aliphatic heterocycles. The Balaban J connectivity index is 3.78. The summed E-state index contributed by atoms with van der Waals surface area (Å²) >= 11 is 0. The van der Waals surface area contributed by atoms with Crippen molar-refractivity contribution >= 4 is 5.91 Å². The van der Waals surface area contributed by atoms with Crippen LogP contribution >= 0.6 is 0 Å². The smallest absolute Gasteiger partial charge is 0.301 e. The molecule has 0 aromatic rings. The van der Waals surface area contributed by atoms with Crippen LogP contribution in [0.5, 0.6) is 0 Å². The lowest BCUT2D eigenvalue weighted by molar-refractivity contribution is -0.122. The number of amides is 1. The molecule has 0 fully saturated rings. The summed E-state index contributed by atoms with van der Waals surface area (Å²) in [5, 5.41) is 7.88. The van der Waals surface area contributed by atoms with E-state index in [-0.39, 0.29) is 0 Å². The highest BCUT2D eigenvalue weighted by atomic mass is 16.2. The zero-order chi connectivity index (χ0) is 6.57. The molecule has 0 radical (unpaired) electrons. The molecule has 1 N–H and O–H groups in total. The third-order valence-electron chi connectivity index (χ3n) is 0.569. The number of carbonyl (C=O) groups is 1. The summed E-state index contributed by atoms with van der Waals surface area (Å²) in [7, 11) is 3.12. The molecule has 44 valence electrons. The second-order valence-electron chi connectivity index (χ2n) is 1.44. The van der Waals surface area contributed by atoms with Crippen molar-refractivity contribution in [1.29, 1.82) is 0 Å². The van der Waals surface area contributed by atoms with Gasteiger partial charge in [-0.25, -0.2) is 0 Å². The summed E-state index contributed by atoms with van der Waals surface area (Å²) in [6.45, 7) is 0. The molecule has 0 aliphatic carbocycles. The van der Waals surface area contributed by atoms with E-state index in [1.165, 1.54) is 11.0 Å². The van der Waals surface area contributed by atoms with Gasteiger partial charge >= 0.3 is 5.91 Å². The minimum atomic E-state index is -0.396. The van der Waals surface area contributed by atoms with E-state index in [1.807, 2.05) is 5.92 Å². The van der Waals surface area contributed by atoms with E-state index < -0.39 is 5.91 Å². The molecule has 0 aliphatic rings. The van der Waals surface area contributed by atoms with Crippen LogP contribution in [0.2, 0.25) is 0 Å². The summed E-state index contributed by atoms with van der Waals surface area (Å²) in [6.07, 6.45) is 1.51. The summed E-state index contributed by atoms with van der Waals surface area (Å²) in [5.41, 5.74) is 0. The SMILES string of the molecule is CN(C)C(=O)C#CO. The average Bonchev–Trinajstić information content (AvgIpc) is 1.67. The van der Waals surface area contributed by atoms with Gasteiger partial charge in [-0.05, 0) is 0 Å². The molecule has 0 saturated heterocycles. The van der Waals surface area contributed by atoms with E-state index >= 15 is 0 Å². The van der Waals surface area contributed by atoms with E-state index in [2.05, 4.69) is 0 Å². The third kappa shape index (κ3) is 2.08. The number of hydrogen-bond donors (Lipinski definition) is 1. The van der Waals surface area contributed by atoms with Crippen molar-refractivity contribution in [2.75, 3.05) is 14.1 Å². The van der Waals surface area contributed by atoms with E-state index in [0.717, 1.165) is 0 Å². The first kappa shape index (κ1) is 6.83. The van der Waals surface area contributed by atoms with Crippen LogP contribution in [0.25, 0.3) is 0 Å².